The van der Waals surface area contributed by atoms with Crippen LogP contribution >= 0.6 is 0 Å². The van der Waals surface area contributed by atoms with Crippen LogP contribution in [0.1, 0.15) is 48.4 Å². The van der Waals surface area contributed by atoms with Gasteiger partial charge >= 0.3 is 12.1 Å². The van der Waals surface area contributed by atoms with Crippen molar-refractivity contribution in [1.82, 2.24) is 20.1 Å². The number of halogens is 1. The lowest BCUT2D eigenvalue weighted by molar-refractivity contribution is 0.0775. The summed E-state index contributed by atoms with van der Waals surface area (Å²) in [6.07, 6.45) is 4.78. The molecule has 2 N–H and O–H groups in total. The third-order valence-electron chi connectivity index (χ3n) is 6.98. The van der Waals surface area contributed by atoms with Gasteiger partial charge in [-0.15, -0.1) is 0 Å². The zero-order chi connectivity index (χ0) is 23.5. The molecule has 8 nitrogen and oxygen atoms in total. The summed E-state index contributed by atoms with van der Waals surface area (Å²) in [5, 5.41) is 6.06. The monoisotopic (exact) mass is 467 g/mol. The van der Waals surface area contributed by atoms with Gasteiger partial charge < -0.3 is 25.2 Å². The third kappa shape index (κ3) is 5.14. The molecule has 5 rings (SSSR count). The van der Waals surface area contributed by atoms with E-state index in [4.69, 9.17) is 4.74 Å². The molecule has 0 saturated carbocycles. The number of piperidine rings is 1. The van der Waals surface area contributed by atoms with Crippen molar-refractivity contribution in [1.29, 1.82) is 0 Å². The van der Waals surface area contributed by atoms with Crippen LogP contribution in [0.25, 0.3) is 0 Å². The second kappa shape index (κ2) is 9.97. The first-order valence-corrected chi connectivity index (χ1v) is 12.0. The van der Waals surface area contributed by atoms with Crippen molar-refractivity contribution >= 4 is 17.7 Å². The van der Waals surface area contributed by atoms with Gasteiger partial charge in [-0.2, -0.15) is 0 Å². The van der Waals surface area contributed by atoms with E-state index in [0.717, 1.165) is 55.7 Å². The Labute approximate surface area is 198 Å². The summed E-state index contributed by atoms with van der Waals surface area (Å²) in [6.45, 7) is 3.63. The lowest BCUT2D eigenvalue weighted by atomic mass is 9.89. The maximum absolute atomic E-state index is 13.4. The zero-order valence-corrected chi connectivity index (χ0v) is 19.1. The first kappa shape index (κ1) is 22.6. The summed E-state index contributed by atoms with van der Waals surface area (Å²) in [5.74, 6) is 0.00770. The minimum Gasteiger partial charge on any atom is -0.381 e. The smallest absolute Gasteiger partial charge is 0.322 e. The number of rotatable bonds is 3. The van der Waals surface area contributed by atoms with E-state index in [0.29, 0.717) is 32.2 Å². The predicted molar refractivity (Wildman–Crippen MR) is 125 cm³/mol. The van der Waals surface area contributed by atoms with E-state index in [9.17, 15) is 14.0 Å². The Hall–Kier alpha value is -3.20. The summed E-state index contributed by atoms with van der Waals surface area (Å²) >= 11 is 0. The fraction of sp³-hybridized carbons (Fsp3) is 0.480. The highest BCUT2D eigenvalue weighted by Gasteiger charge is 2.27. The Bertz CT molecular complexity index is 1030. The van der Waals surface area contributed by atoms with Gasteiger partial charge in [0.25, 0.3) is 0 Å². The molecule has 4 amide bonds. The van der Waals surface area contributed by atoms with Crippen molar-refractivity contribution < 1.29 is 18.7 Å². The van der Waals surface area contributed by atoms with E-state index in [-0.39, 0.29) is 23.9 Å². The molecule has 2 aromatic rings. The minimum absolute atomic E-state index is 0.0328. The Balaban J connectivity index is 1.10. The average molecular weight is 468 g/mol. The molecule has 9 heteroatoms. The highest BCUT2D eigenvalue weighted by molar-refractivity contribution is 5.89. The fourth-order valence-corrected chi connectivity index (χ4v) is 4.94. The number of urea groups is 2. The van der Waals surface area contributed by atoms with Gasteiger partial charge in [0, 0.05) is 44.6 Å². The van der Waals surface area contributed by atoms with E-state index in [1.165, 1.54) is 17.8 Å². The number of ether oxygens (including phenoxy) is 1. The molecule has 0 aliphatic carbocycles. The number of nitrogens with zero attached hydrogens (tertiary/aromatic N) is 3. The van der Waals surface area contributed by atoms with Gasteiger partial charge in [0.1, 0.15) is 5.82 Å². The number of likely N-dealkylation sites (tertiary alicyclic amines) is 1. The maximum atomic E-state index is 13.4. The number of anilines is 1. The number of aromatic nitrogens is 1. The van der Waals surface area contributed by atoms with Gasteiger partial charge in [0.15, 0.2) is 0 Å². The fourth-order valence-electron chi connectivity index (χ4n) is 4.94. The van der Waals surface area contributed by atoms with Crippen LogP contribution in [0.3, 0.4) is 0 Å². The maximum Gasteiger partial charge on any atom is 0.322 e. The summed E-state index contributed by atoms with van der Waals surface area (Å²) < 4.78 is 18.7. The number of carbonyl (C=O) groups is 2. The summed E-state index contributed by atoms with van der Waals surface area (Å²) in [6, 6.07) is 9.39. The number of amides is 4. The zero-order valence-electron chi connectivity index (χ0n) is 19.1. The molecule has 180 valence electrons. The van der Waals surface area contributed by atoms with Crippen LogP contribution in [0, 0.1) is 5.82 Å². The summed E-state index contributed by atoms with van der Waals surface area (Å²) in [4.78, 5) is 32.8. The van der Waals surface area contributed by atoms with Crippen LogP contribution in [0.15, 0.2) is 36.5 Å². The number of benzene rings is 1. The van der Waals surface area contributed by atoms with Crippen molar-refractivity contribution in [3.8, 4) is 0 Å². The first-order valence-electron chi connectivity index (χ1n) is 12.0. The van der Waals surface area contributed by atoms with Gasteiger partial charge in [-0.1, -0.05) is 12.1 Å². The normalized spacial score (nSPS) is 19.1. The van der Waals surface area contributed by atoms with Crippen molar-refractivity contribution in [2.45, 2.75) is 50.7 Å². The molecule has 4 heterocycles. The number of hydrogen-bond acceptors (Lipinski definition) is 4. The first-order chi connectivity index (χ1) is 16.5. The molecule has 1 aromatic carbocycles. The molecule has 0 radical (unpaired) electrons. The molecule has 0 unspecified atom stereocenters. The number of nitrogens with one attached hydrogen (secondary N) is 2. The second-order valence-electron chi connectivity index (χ2n) is 9.27. The predicted octanol–water partition coefficient (Wildman–Crippen LogP) is 3.84. The molecule has 0 bridgehead atoms. The van der Waals surface area contributed by atoms with Gasteiger partial charge in [-0.25, -0.2) is 14.0 Å². The lowest BCUT2D eigenvalue weighted by Crippen LogP contribution is -2.48. The van der Waals surface area contributed by atoms with Gasteiger partial charge in [-0.3, -0.25) is 4.98 Å². The molecular weight excluding hydrogens is 437 g/mol. The van der Waals surface area contributed by atoms with Crippen LogP contribution < -0.4 is 10.6 Å². The highest BCUT2D eigenvalue weighted by Crippen LogP contribution is 2.29. The summed E-state index contributed by atoms with van der Waals surface area (Å²) in [7, 11) is 0. The molecule has 3 aliphatic rings. The Morgan fingerprint density at radius 3 is 2.44 bits per heavy atom. The van der Waals surface area contributed by atoms with E-state index in [1.54, 1.807) is 4.90 Å². The molecular formula is C25H30FN5O3. The van der Waals surface area contributed by atoms with Crippen molar-refractivity contribution in [2.75, 3.05) is 31.6 Å². The lowest BCUT2D eigenvalue weighted by Gasteiger charge is -2.34. The van der Waals surface area contributed by atoms with Crippen LogP contribution in [-0.2, 0) is 17.8 Å². The number of carbonyl (C=O) groups excluding carboxylic acids is 2. The molecule has 3 aliphatic heterocycles. The number of hydrogen-bond donors (Lipinski definition) is 2. The van der Waals surface area contributed by atoms with E-state index in [2.05, 4.69) is 15.6 Å². The van der Waals surface area contributed by atoms with Crippen molar-refractivity contribution in [2.24, 2.45) is 0 Å². The third-order valence-corrected chi connectivity index (χ3v) is 6.98. The molecule has 2 fully saturated rings. The molecule has 2 saturated heterocycles. The van der Waals surface area contributed by atoms with Crippen molar-refractivity contribution in [3.63, 3.8) is 0 Å². The molecule has 0 spiro atoms. The second-order valence-corrected chi connectivity index (χ2v) is 9.27. The standard InChI is InChI=1S/C25H30FN5O3/c26-20-13-19-15-31(16-23(19)27-14-20)25(33)28-21-3-1-17(2-4-21)18-5-9-30(10-6-18)24(32)29-22-7-11-34-12-8-22/h1-4,13-14,18,22H,5-12,15-16H2,(H,28,33)(H,29,32). The quantitative estimate of drug-likeness (QED) is 0.718. The number of fused-ring (bicyclic) bond motifs is 1. The van der Waals surface area contributed by atoms with Gasteiger partial charge in [-0.05, 0) is 60.9 Å². The Morgan fingerprint density at radius 2 is 1.71 bits per heavy atom. The summed E-state index contributed by atoms with van der Waals surface area (Å²) in [5.41, 5.74) is 3.42. The van der Waals surface area contributed by atoms with Crippen LogP contribution in [0.5, 0.6) is 0 Å². The van der Waals surface area contributed by atoms with Gasteiger partial charge in [0.2, 0.25) is 0 Å². The molecule has 0 atom stereocenters. The van der Waals surface area contributed by atoms with E-state index in [1.807, 2.05) is 29.2 Å². The topological polar surface area (TPSA) is 86.8 Å². The highest BCUT2D eigenvalue weighted by atomic mass is 19.1. The number of pyridine rings is 1. The Kier molecular flexibility index (Phi) is 6.62. The molecule has 1 aromatic heterocycles. The Morgan fingerprint density at radius 1 is 0.971 bits per heavy atom. The largest absolute Gasteiger partial charge is 0.381 e. The van der Waals surface area contributed by atoms with Crippen molar-refractivity contribution in [3.05, 3.63) is 59.2 Å². The average Bonchev–Trinajstić information content (AvgIpc) is 3.29. The van der Waals surface area contributed by atoms with Gasteiger partial charge in [0.05, 0.1) is 18.4 Å². The van der Waals surface area contributed by atoms with E-state index < -0.39 is 0 Å². The van der Waals surface area contributed by atoms with Crippen LogP contribution in [0.2, 0.25) is 0 Å². The SMILES string of the molecule is O=C(Nc1ccc(C2CCN(C(=O)NC3CCOCC3)CC2)cc1)N1Cc2cc(F)cnc2C1. The van der Waals surface area contributed by atoms with Crippen LogP contribution in [-0.4, -0.2) is 59.2 Å². The van der Waals surface area contributed by atoms with Crippen LogP contribution in [0.4, 0.5) is 19.7 Å². The molecule has 34 heavy (non-hydrogen) atoms. The van der Waals surface area contributed by atoms with E-state index >= 15 is 0 Å². The minimum atomic E-state index is -0.387.